The first-order chi connectivity index (χ1) is 13.3. The third-order valence-electron chi connectivity index (χ3n) is 4.20. The molecule has 0 fully saturated rings. The Morgan fingerprint density at radius 3 is 2.32 bits per heavy atom. The summed E-state index contributed by atoms with van der Waals surface area (Å²) in [6, 6.07) is 11.0. The van der Waals surface area contributed by atoms with Gasteiger partial charge in [0.1, 0.15) is 5.00 Å². The second-order valence-corrected chi connectivity index (χ2v) is 8.62. The van der Waals surface area contributed by atoms with Crippen molar-refractivity contribution in [3.8, 4) is 0 Å². The minimum atomic E-state index is -0.184. The van der Waals surface area contributed by atoms with E-state index in [1.54, 1.807) is 12.1 Å². The molecule has 0 aliphatic carbocycles. The van der Waals surface area contributed by atoms with E-state index >= 15 is 0 Å². The van der Waals surface area contributed by atoms with Crippen LogP contribution in [-0.4, -0.2) is 27.4 Å². The molecule has 3 rings (SSSR count). The van der Waals surface area contributed by atoms with Crippen molar-refractivity contribution in [2.24, 2.45) is 0 Å². The average Bonchev–Trinajstić information content (AvgIpc) is 2.93. The molecule has 0 saturated carbocycles. The van der Waals surface area contributed by atoms with Gasteiger partial charge < -0.3 is 5.32 Å². The van der Waals surface area contributed by atoms with E-state index in [1.807, 2.05) is 52.0 Å². The molecular formula is C21H21N3O2S2. The van der Waals surface area contributed by atoms with Crippen molar-refractivity contribution < 1.29 is 9.59 Å². The van der Waals surface area contributed by atoms with Crippen LogP contribution in [0.3, 0.4) is 0 Å². The molecule has 2 aromatic heterocycles. The van der Waals surface area contributed by atoms with Crippen molar-refractivity contribution in [2.75, 3.05) is 11.1 Å². The first-order valence-electron chi connectivity index (χ1n) is 8.80. The molecule has 0 spiro atoms. The number of aryl methyl sites for hydroxylation is 3. The summed E-state index contributed by atoms with van der Waals surface area (Å²) in [6.07, 6.45) is 0. The van der Waals surface area contributed by atoms with Crippen LogP contribution in [0.5, 0.6) is 0 Å². The number of amides is 1. The van der Waals surface area contributed by atoms with Crippen LogP contribution >= 0.6 is 23.1 Å². The Labute approximate surface area is 172 Å². The van der Waals surface area contributed by atoms with E-state index in [-0.39, 0.29) is 17.4 Å². The van der Waals surface area contributed by atoms with Crippen LogP contribution in [0.2, 0.25) is 0 Å². The summed E-state index contributed by atoms with van der Waals surface area (Å²) in [6.45, 7) is 7.67. The van der Waals surface area contributed by atoms with Gasteiger partial charge in [0, 0.05) is 21.8 Å². The van der Waals surface area contributed by atoms with Crippen LogP contribution in [0.4, 0.5) is 5.00 Å². The van der Waals surface area contributed by atoms with E-state index in [0.717, 1.165) is 21.8 Å². The number of ketones is 1. The fourth-order valence-corrected chi connectivity index (χ4v) is 4.60. The van der Waals surface area contributed by atoms with E-state index in [9.17, 15) is 9.59 Å². The van der Waals surface area contributed by atoms with E-state index in [2.05, 4.69) is 15.3 Å². The number of carbonyl (C=O) groups excluding carboxylic acids is 2. The smallest absolute Gasteiger partial charge is 0.235 e. The number of carbonyl (C=O) groups is 2. The Morgan fingerprint density at radius 1 is 1.04 bits per heavy atom. The zero-order valence-electron chi connectivity index (χ0n) is 16.2. The average molecular weight is 412 g/mol. The molecule has 0 aliphatic rings. The number of anilines is 1. The number of thiophene rings is 1. The lowest BCUT2D eigenvalue weighted by molar-refractivity contribution is -0.113. The Morgan fingerprint density at radius 2 is 1.68 bits per heavy atom. The van der Waals surface area contributed by atoms with Gasteiger partial charge in [-0.2, -0.15) is 0 Å². The number of hydrogen-bond acceptors (Lipinski definition) is 6. The van der Waals surface area contributed by atoms with Crippen molar-refractivity contribution in [1.29, 1.82) is 0 Å². The van der Waals surface area contributed by atoms with Gasteiger partial charge in [-0.3, -0.25) is 9.59 Å². The summed E-state index contributed by atoms with van der Waals surface area (Å²) in [7, 11) is 0. The molecule has 1 aromatic carbocycles. The van der Waals surface area contributed by atoms with Gasteiger partial charge in [-0.25, -0.2) is 9.97 Å². The third-order valence-corrected chi connectivity index (χ3v) is 6.17. The maximum atomic E-state index is 13.0. The topological polar surface area (TPSA) is 72.0 Å². The molecule has 0 atom stereocenters. The number of nitrogens with one attached hydrogen (secondary N) is 1. The van der Waals surface area contributed by atoms with Crippen LogP contribution in [0.25, 0.3) is 0 Å². The molecule has 1 amide bonds. The molecule has 2 heterocycles. The lowest BCUT2D eigenvalue weighted by Crippen LogP contribution is -2.16. The molecule has 5 nitrogen and oxygen atoms in total. The van der Waals surface area contributed by atoms with Crippen LogP contribution in [0, 0.1) is 27.7 Å². The maximum Gasteiger partial charge on any atom is 0.235 e. The summed E-state index contributed by atoms with van der Waals surface area (Å²) in [5.74, 6) is -0.0862. The fraction of sp³-hybridized carbons (Fsp3) is 0.238. The first kappa shape index (κ1) is 20.2. The van der Waals surface area contributed by atoms with Crippen LogP contribution < -0.4 is 5.32 Å². The lowest BCUT2D eigenvalue weighted by Gasteiger charge is -2.07. The van der Waals surface area contributed by atoms with Crippen molar-refractivity contribution in [2.45, 2.75) is 32.9 Å². The van der Waals surface area contributed by atoms with Crippen LogP contribution in [0.1, 0.15) is 37.7 Å². The Bertz CT molecular complexity index is 1010. The highest BCUT2D eigenvalue weighted by molar-refractivity contribution is 7.99. The molecule has 3 aromatic rings. The van der Waals surface area contributed by atoms with E-state index in [4.69, 9.17) is 0 Å². The highest BCUT2D eigenvalue weighted by Crippen LogP contribution is 2.34. The van der Waals surface area contributed by atoms with Gasteiger partial charge in [0.15, 0.2) is 10.9 Å². The van der Waals surface area contributed by atoms with Crippen molar-refractivity contribution >= 4 is 39.8 Å². The van der Waals surface area contributed by atoms with E-state index in [0.29, 0.717) is 21.3 Å². The quantitative estimate of drug-likeness (QED) is 0.361. The zero-order valence-corrected chi connectivity index (χ0v) is 17.8. The summed E-state index contributed by atoms with van der Waals surface area (Å²) in [4.78, 5) is 35.2. The van der Waals surface area contributed by atoms with Gasteiger partial charge >= 0.3 is 0 Å². The number of rotatable bonds is 6. The zero-order chi connectivity index (χ0) is 20.3. The molecule has 0 bridgehead atoms. The number of hydrogen-bond donors (Lipinski definition) is 1. The Balaban J connectivity index is 1.76. The van der Waals surface area contributed by atoms with Crippen molar-refractivity contribution in [3.63, 3.8) is 0 Å². The van der Waals surface area contributed by atoms with Crippen molar-refractivity contribution in [1.82, 2.24) is 9.97 Å². The predicted octanol–water partition coefficient (Wildman–Crippen LogP) is 4.73. The Kier molecular flexibility index (Phi) is 6.26. The number of benzene rings is 1. The van der Waals surface area contributed by atoms with Crippen LogP contribution in [-0.2, 0) is 4.79 Å². The molecule has 0 radical (unpaired) electrons. The summed E-state index contributed by atoms with van der Waals surface area (Å²) < 4.78 is 0. The van der Waals surface area contributed by atoms with Crippen LogP contribution in [0.15, 0.2) is 41.6 Å². The minimum Gasteiger partial charge on any atom is -0.316 e. The molecule has 7 heteroatoms. The minimum absolute atomic E-state index is 0.0805. The van der Waals surface area contributed by atoms with Gasteiger partial charge in [-0.05, 0) is 39.3 Å². The van der Waals surface area contributed by atoms with Gasteiger partial charge in [-0.15, -0.1) is 11.3 Å². The van der Waals surface area contributed by atoms with Crippen molar-refractivity contribution in [3.05, 3.63) is 69.4 Å². The molecule has 1 N–H and O–H groups in total. The molecule has 0 unspecified atom stereocenters. The first-order valence-corrected chi connectivity index (χ1v) is 10.6. The highest BCUT2D eigenvalue weighted by atomic mass is 32.2. The van der Waals surface area contributed by atoms with Gasteiger partial charge in [0.2, 0.25) is 5.91 Å². The standard InChI is InChI=1S/C21H21N3O2S2/c1-12-10-13(2)23-21(22-12)27-11-17(25)24-20-18(14(3)15(4)28-20)19(26)16-8-6-5-7-9-16/h5-10H,11H2,1-4H3,(H,24,25). The van der Waals surface area contributed by atoms with Gasteiger partial charge in [0.05, 0.1) is 11.3 Å². The fourth-order valence-electron chi connectivity index (χ4n) is 2.77. The van der Waals surface area contributed by atoms with Gasteiger partial charge in [0.25, 0.3) is 0 Å². The second-order valence-electron chi connectivity index (χ2n) is 6.45. The molecule has 28 heavy (non-hydrogen) atoms. The molecule has 0 aliphatic heterocycles. The largest absolute Gasteiger partial charge is 0.316 e. The number of aromatic nitrogens is 2. The summed E-state index contributed by atoms with van der Waals surface area (Å²) in [5.41, 5.74) is 3.82. The maximum absolute atomic E-state index is 13.0. The highest BCUT2D eigenvalue weighted by Gasteiger charge is 2.22. The lowest BCUT2D eigenvalue weighted by atomic mass is 10.0. The monoisotopic (exact) mass is 411 g/mol. The molecule has 144 valence electrons. The molecular weight excluding hydrogens is 390 g/mol. The Hall–Kier alpha value is -2.51. The summed E-state index contributed by atoms with van der Waals surface area (Å²) in [5, 5.41) is 4.07. The van der Waals surface area contributed by atoms with Gasteiger partial charge in [-0.1, -0.05) is 42.1 Å². The second kappa shape index (κ2) is 8.67. The third kappa shape index (κ3) is 4.66. The number of nitrogens with zero attached hydrogens (tertiary/aromatic N) is 2. The van der Waals surface area contributed by atoms with E-state index in [1.165, 1.54) is 23.1 Å². The predicted molar refractivity (Wildman–Crippen MR) is 115 cm³/mol. The normalized spacial score (nSPS) is 10.7. The van der Waals surface area contributed by atoms with E-state index < -0.39 is 0 Å². The number of thioether (sulfide) groups is 1. The summed E-state index contributed by atoms with van der Waals surface area (Å²) >= 11 is 2.71. The SMILES string of the molecule is Cc1cc(C)nc(SCC(=O)Nc2sc(C)c(C)c2C(=O)c2ccccc2)n1. The molecule has 0 saturated heterocycles.